The zero-order chi connectivity index (χ0) is 15.2. The van der Waals surface area contributed by atoms with Crippen LogP contribution >= 0.6 is 23.2 Å². The Morgan fingerprint density at radius 2 is 2.05 bits per heavy atom. The van der Waals surface area contributed by atoms with E-state index in [0.29, 0.717) is 28.8 Å². The summed E-state index contributed by atoms with van der Waals surface area (Å²) in [5.74, 6) is -0.444. The molecule has 0 atom stereocenters. The molecule has 1 aromatic carbocycles. The number of hydrogen-bond acceptors (Lipinski definition) is 4. The van der Waals surface area contributed by atoms with Crippen LogP contribution in [0.25, 0.3) is 0 Å². The molecule has 0 aliphatic carbocycles. The number of nitrogens with zero attached hydrogens (tertiary/aromatic N) is 1. The molecule has 0 spiro atoms. The summed E-state index contributed by atoms with van der Waals surface area (Å²) in [5.41, 5.74) is 2.18. The van der Waals surface area contributed by atoms with Crippen LogP contribution in [0.2, 0.25) is 10.0 Å². The van der Waals surface area contributed by atoms with Gasteiger partial charge in [-0.25, -0.2) is 9.78 Å². The van der Waals surface area contributed by atoms with Crippen LogP contribution < -0.4 is 5.32 Å². The standard InChI is InChI=1S/C15H14Cl2N2O2/c1-21-15(20)13-6-5-10(8-19-13)7-18-9-11-3-2-4-12(16)14(11)17/h2-6,8,18H,7,9H2,1H3. The Labute approximate surface area is 133 Å². The molecule has 4 nitrogen and oxygen atoms in total. The van der Waals surface area contributed by atoms with Crippen molar-refractivity contribution in [2.45, 2.75) is 13.1 Å². The van der Waals surface area contributed by atoms with Gasteiger partial charge in [0.1, 0.15) is 5.69 Å². The lowest BCUT2D eigenvalue weighted by Gasteiger charge is -2.08. The largest absolute Gasteiger partial charge is 0.464 e. The first-order valence-corrected chi connectivity index (χ1v) is 7.04. The Morgan fingerprint density at radius 1 is 1.24 bits per heavy atom. The third-order valence-electron chi connectivity index (χ3n) is 2.90. The Morgan fingerprint density at radius 3 is 2.71 bits per heavy atom. The summed E-state index contributed by atoms with van der Waals surface area (Å²) >= 11 is 12.1. The number of methoxy groups -OCH3 is 1. The molecule has 0 amide bonds. The van der Waals surface area contributed by atoms with E-state index in [1.165, 1.54) is 7.11 Å². The van der Waals surface area contributed by atoms with Crippen molar-refractivity contribution in [1.82, 2.24) is 10.3 Å². The third-order valence-corrected chi connectivity index (χ3v) is 3.75. The Kier molecular flexibility index (Phi) is 5.56. The van der Waals surface area contributed by atoms with E-state index in [1.807, 2.05) is 18.2 Å². The lowest BCUT2D eigenvalue weighted by molar-refractivity contribution is 0.0594. The van der Waals surface area contributed by atoms with E-state index in [0.717, 1.165) is 11.1 Å². The average Bonchev–Trinajstić information content (AvgIpc) is 2.51. The van der Waals surface area contributed by atoms with Crippen LogP contribution in [0.4, 0.5) is 0 Å². The second-order valence-electron chi connectivity index (χ2n) is 4.36. The summed E-state index contributed by atoms with van der Waals surface area (Å²) in [4.78, 5) is 15.3. The fraction of sp³-hybridized carbons (Fsp3) is 0.200. The van der Waals surface area contributed by atoms with Crippen LogP contribution in [-0.2, 0) is 17.8 Å². The maximum atomic E-state index is 11.3. The zero-order valence-electron chi connectivity index (χ0n) is 11.4. The van der Waals surface area contributed by atoms with Gasteiger partial charge in [-0.15, -0.1) is 0 Å². The molecule has 0 fully saturated rings. The molecule has 21 heavy (non-hydrogen) atoms. The molecule has 1 aromatic heterocycles. The first-order valence-electron chi connectivity index (χ1n) is 6.28. The summed E-state index contributed by atoms with van der Waals surface area (Å²) in [5, 5.41) is 4.35. The summed E-state index contributed by atoms with van der Waals surface area (Å²) in [7, 11) is 1.33. The van der Waals surface area contributed by atoms with Gasteiger partial charge in [0.05, 0.1) is 17.2 Å². The van der Waals surface area contributed by atoms with Crippen LogP contribution in [0.3, 0.4) is 0 Å². The van der Waals surface area contributed by atoms with E-state index < -0.39 is 5.97 Å². The molecule has 1 heterocycles. The van der Waals surface area contributed by atoms with Gasteiger partial charge < -0.3 is 10.1 Å². The highest BCUT2D eigenvalue weighted by atomic mass is 35.5. The molecule has 6 heteroatoms. The Bertz CT molecular complexity index is 630. The maximum Gasteiger partial charge on any atom is 0.356 e. The number of benzene rings is 1. The van der Waals surface area contributed by atoms with Crippen LogP contribution in [-0.4, -0.2) is 18.1 Å². The molecule has 0 saturated heterocycles. The van der Waals surface area contributed by atoms with Crippen LogP contribution in [0.1, 0.15) is 21.6 Å². The number of carbonyl (C=O) groups is 1. The average molecular weight is 325 g/mol. The van der Waals surface area contributed by atoms with Gasteiger partial charge in [0.15, 0.2) is 0 Å². The first kappa shape index (κ1) is 15.8. The van der Waals surface area contributed by atoms with E-state index in [4.69, 9.17) is 23.2 Å². The normalized spacial score (nSPS) is 10.4. The van der Waals surface area contributed by atoms with Gasteiger partial charge in [0.25, 0.3) is 0 Å². The molecule has 2 aromatic rings. The summed E-state index contributed by atoms with van der Waals surface area (Å²) in [6.45, 7) is 1.20. The second-order valence-corrected chi connectivity index (χ2v) is 5.14. The molecule has 0 aliphatic rings. The second kappa shape index (κ2) is 7.41. The number of rotatable bonds is 5. The number of halogens is 2. The first-order chi connectivity index (χ1) is 10.1. The monoisotopic (exact) mass is 324 g/mol. The van der Waals surface area contributed by atoms with Crippen LogP contribution in [0.15, 0.2) is 36.5 Å². The van der Waals surface area contributed by atoms with Gasteiger partial charge in [-0.1, -0.05) is 41.4 Å². The fourth-order valence-corrected chi connectivity index (χ4v) is 2.17. The van der Waals surface area contributed by atoms with Gasteiger partial charge >= 0.3 is 5.97 Å². The molecule has 0 radical (unpaired) electrons. The quantitative estimate of drug-likeness (QED) is 0.856. The molecular formula is C15H14Cl2N2O2. The van der Waals surface area contributed by atoms with E-state index in [-0.39, 0.29) is 0 Å². The topological polar surface area (TPSA) is 51.2 Å². The van der Waals surface area contributed by atoms with Crippen molar-refractivity contribution in [2.24, 2.45) is 0 Å². The van der Waals surface area contributed by atoms with E-state index >= 15 is 0 Å². The Hall–Kier alpha value is -1.62. The van der Waals surface area contributed by atoms with Gasteiger partial charge in [-0.05, 0) is 23.3 Å². The minimum absolute atomic E-state index is 0.291. The van der Waals surface area contributed by atoms with Crippen molar-refractivity contribution >= 4 is 29.2 Å². The highest BCUT2D eigenvalue weighted by molar-refractivity contribution is 6.42. The van der Waals surface area contributed by atoms with Crippen molar-refractivity contribution in [1.29, 1.82) is 0 Å². The van der Waals surface area contributed by atoms with Crippen LogP contribution in [0, 0.1) is 0 Å². The van der Waals surface area contributed by atoms with Gasteiger partial charge in [-0.3, -0.25) is 0 Å². The molecular weight excluding hydrogens is 311 g/mol. The summed E-state index contributed by atoms with van der Waals surface area (Å²) < 4.78 is 4.60. The molecule has 1 N–H and O–H groups in total. The SMILES string of the molecule is COC(=O)c1ccc(CNCc2cccc(Cl)c2Cl)cn1. The summed E-state index contributed by atoms with van der Waals surface area (Å²) in [6, 6.07) is 8.99. The van der Waals surface area contributed by atoms with Crippen molar-refractivity contribution in [3.05, 3.63) is 63.4 Å². The number of esters is 1. The molecule has 0 bridgehead atoms. The molecule has 0 aliphatic heterocycles. The molecule has 0 saturated carbocycles. The number of aromatic nitrogens is 1. The zero-order valence-corrected chi connectivity index (χ0v) is 12.9. The predicted octanol–water partition coefficient (Wildman–Crippen LogP) is 3.46. The number of carbonyl (C=O) groups excluding carboxylic acids is 1. The number of nitrogens with one attached hydrogen (secondary N) is 1. The fourth-order valence-electron chi connectivity index (χ4n) is 1.78. The van der Waals surface area contributed by atoms with Crippen molar-refractivity contribution in [2.75, 3.05) is 7.11 Å². The lowest BCUT2D eigenvalue weighted by atomic mass is 10.2. The number of ether oxygens (including phenoxy) is 1. The predicted molar refractivity (Wildman–Crippen MR) is 82.6 cm³/mol. The van der Waals surface area contributed by atoms with Gasteiger partial charge in [-0.2, -0.15) is 0 Å². The summed E-state index contributed by atoms with van der Waals surface area (Å²) in [6.07, 6.45) is 1.64. The highest BCUT2D eigenvalue weighted by Crippen LogP contribution is 2.25. The molecule has 0 unspecified atom stereocenters. The Balaban J connectivity index is 1.91. The van der Waals surface area contributed by atoms with E-state index in [2.05, 4.69) is 15.0 Å². The van der Waals surface area contributed by atoms with Gasteiger partial charge in [0.2, 0.25) is 0 Å². The number of hydrogen-bond donors (Lipinski definition) is 1. The highest BCUT2D eigenvalue weighted by Gasteiger charge is 2.07. The minimum atomic E-state index is -0.444. The minimum Gasteiger partial charge on any atom is -0.464 e. The lowest BCUT2D eigenvalue weighted by Crippen LogP contribution is -2.13. The molecule has 110 valence electrons. The smallest absolute Gasteiger partial charge is 0.356 e. The maximum absolute atomic E-state index is 11.3. The number of pyridine rings is 1. The van der Waals surface area contributed by atoms with E-state index in [9.17, 15) is 4.79 Å². The van der Waals surface area contributed by atoms with E-state index in [1.54, 1.807) is 18.3 Å². The van der Waals surface area contributed by atoms with Crippen LogP contribution in [0.5, 0.6) is 0 Å². The van der Waals surface area contributed by atoms with Crippen molar-refractivity contribution in [3.63, 3.8) is 0 Å². The molecule has 2 rings (SSSR count). The van der Waals surface area contributed by atoms with Gasteiger partial charge in [0, 0.05) is 19.3 Å². The van der Waals surface area contributed by atoms with Crippen molar-refractivity contribution < 1.29 is 9.53 Å². The van der Waals surface area contributed by atoms with Crippen molar-refractivity contribution in [3.8, 4) is 0 Å². The third kappa shape index (κ3) is 4.17.